The Balaban J connectivity index is 1.65. The van der Waals surface area contributed by atoms with Crippen LogP contribution in [-0.2, 0) is 5.60 Å². The van der Waals surface area contributed by atoms with Crippen LogP contribution in [0.15, 0.2) is 30.3 Å². The van der Waals surface area contributed by atoms with Crippen LogP contribution >= 0.6 is 11.3 Å². The van der Waals surface area contributed by atoms with Crippen LogP contribution in [0, 0.1) is 5.92 Å². The van der Waals surface area contributed by atoms with Gasteiger partial charge in [0.15, 0.2) is 0 Å². The third-order valence-electron chi connectivity index (χ3n) is 6.13. The van der Waals surface area contributed by atoms with Crippen molar-refractivity contribution in [3.63, 3.8) is 0 Å². The van der Waals surface area contributed by atoms with Gasteiger partial charge in [0.2, 0.25) is 0 Å². The van der Waals surface area contributed by atoms with Crippen molar-refractivity contribution in [2.24, 2.45) is 5.92 Å². The fourth-order valence-corrected chi connectivity index (χ4v) is 5.41. The highest BCUT2D eigenvalue weighted by atomic mass is 32.1. The summed E-state index contributed by atoms with van der Waals surface area (Å²) in [4.78, 5) is 21.3. The fraction of sp³-hybridized carbons (Fsp3) is 0.458. The van der Waals surface area contributed by atoms with E-state index in [1.54, 1.807) is 37.3 Å². The van der Waals surface area contributed by atoms with Crippen molar-refractivity contribution in [1.82, 2.24) is 9.97 Å². The molecule has 0 radical (unpaired) electrons. The molecule has 0 unspecified atom stereocenters. The Morgan fingerprint density at radius 1 is 1.21 bits per heavy atom. The largest absolute Gasteiger partial charge is 0.396 e. The minimum Gasteiger partial charge on any atom is -0.396 e. The Labute approximate surface area is 194 Å². The second kappa shape index (κ2) is 9.40. The van der Waals surface area contributed by atoms with Crippen LogP contribution in [0.25, 0.3) is 10.2 Å². The fourth-order valence-electron chi connectivity index (χ4n) is 4.25. The number of rotatable bonds is 6. The molecule has 0 bridgehead atoms. The maximum atomic E-state index is 13.0. The molecule has 3 N–H and O–H groups in total. The first-order chi connectivity index (χ1) is 15.7. The number of aromatic nitrogens is 2. The molecule has 0 aliphatic heterocycles. The first-order valence-electron chi connectivity index (χ1n) is 11.0. The van der Waals surface area contributed by atoms with Gasteiger partial charge >= 0.3 is 0 Å². The van der Waals surface area contributed by atoms with Gasteiger partial charge in [0, 0.05) is 23.8 Å². The lowest BCUT2D eigenvalue weighted by Crippen LogP contribution is -2.21. The Kier molecular flexibility index (Phi) is 6.74. The average molecular weight is 476 g/mol. The molecule has 9 heteroatoms. The van der Waals surface area contributed by atoms with Crippen LogP contribution in [0.4, 0.5) is 14.5 Å². The molecule has 3 aromatic rings. The number of amides is 1. The lowest BCUT2D eigenvalue weighted by molar-refractivity contribution is 0.0794. The third-order valence-corrected chi connectivity index (χ3v) is 7.31. The number of halogens is 2. The van der Waals surface area contributed by atoms with Crippen molar-refractivity contribution in [1.29, 1.82) is 0 Å². The number of nitrogens with zero attached hydrogens (tertiary/aromatic N) is 2. The molecule has 1 aliphatic carbocycles. The van der Waals surface area contributed by atoms with E-state index in [0.717, 1.165) is 40.9 Å². The van der Waals surface area contributed by atoms with E-state index in [1.807, 2.05) is 0 Å². The van der Waals surface area contributed by atoms with Crippen LogP contribution < -0.4 is 5.32 Å². The van der Waals surface area contributed by atoms with E-state index in [9.17, 15) is 23.8 Å². The van der Waals surface area contributed by atoms with Gasteiger partial charge in [-0.2, -0.15) is 0 Å². The monoisotopic (exact) mass is 475 g/mol. The number of hydrogen-bond acceptors (Lipinski definition) is 6. The summed E-state index contributed by atoms with van der Waals surface area (Å²) in [6.07, 6.45) is 1.11. The first kappa shape index (κ1) is 23.7. The molecular formula is C24H27F2N3O3S. The van der Waals surface area contributed by atoms with Gasteiger partial charge in [-0.15, -0.1) is 11.3 Å². The molecule has 1 saturated carbocycles. The minimum atomic E-state index is -2.77. The van der Waals surface area contributed by atoms with E-state index in [0.29, 0.717) is 23.1 Å². The van der Waals surface area contributed by atoms with Crippen molar-refractivity contribution >= 4 is 33.1 Å². The number of pyridine rings is 1. The molecule has 176 valence electrons. The summed E-state index contributed by atoms with van der Waals surface area (Å²) < 4.78 is 26.8. The van der Waals surface area contributed by atoms with E-state index in [4.69, 9.17) is 4.98 Å². The number of carbonyl (C=O) groups excluding carboxylic acids is 1. The number of thiazole rings is 1. The normalized spacial score (nSPS) is 19.2. The zero-order chi connectivity index (χ0) is 23.8. The summed E-state index contributed by atoms with van der Waals surface area (Å²) in [5, 5.41) is 23.9. The molecule has 6 nitrogen and oxygen atoms in total. The van der Waals surface area contributed by atoms with Crippen LogP contribution in [0.2, 0.25) is 0 Å². The number of aliphatic hydroxyl groups excluding tert-OH is 1. The summed E-state index contributed by atoms with van der Waals surface area (Å²) in [5.74, 6) is 0.0564. The van der Waals surface area contributed by atoms with Gasteiger partial charge in [0.05, 0.1) is 20.8 Å². The van der Waals surface area contributed by atoms with E-state index >= 15 is 0 Å². The van der Waals surface area contributed by atoms with Gasteiger partial charge in [-0.3, -0.25) is 4.79 Å². The summed E-state index contributed by atoms with van der Waals surface area (Å²) in [6.45, 7) is 3.45. The minimum absolute atomic E-state index is 0.125. The van der Waals surface area contributed by atoms with Crippen LogP contribution in [0.5, 0.6) is 0 Å². The molecule has 2 aromatic heterocycles. The molecule has 1 amide bonds. The number of aliphatic hydroxyl groups is 2. The molecule has 2 heterocycles. The number of hydrogen-bond donors (Lipinski definition) is 3. The molecule has 0 saturated heterocycles. The van der Waals surface area contributed by atoms with Gasteiger partial charge in [-0.25, -0.2) is 18.7 Å². The molecule has 0 atom stereocenters. The van der Waals surface area contributed by atoms with Gasteiger partial charge in [-0.1, -0.05) is 6.07 Å². The highest BCUT2D eigenvalue weighted by Crippen LogP contribution is 2.41. The van der Waals surface area contributed by atoms with Gasteiger partial charge in [-0.05, 0) is 69.7 Å². The number of carbonyl (C=O) groups is 1. The van der Waals surface area contributed by atoms with Crippen LogP contribution in [0.1, 0.15) is 78.6 Å². The molecule has 1 aromatic carbocycles. The zero-order valence-electron chi connectivity index (χ0n) is 18.5. The number of fused-ring (bicyclic) bond motifs is 1. The SMILES string of the molecule is CC(C)(O)c1cc2nc(C3CCC(CO)CC3)sc2cc1NC(=O)c1cccc(C(F)F)n1. The lowest BCUT2D eigenvalue weighted by Gasteiger charge is -2.25. The number of anilines is 1. The second-order valence-corrected chi connectivity index (χ2v) is 10.1. The summed E-state index contributed by atoms with van der Waals surface area (Å²) in [7, 11) is 0. The van der Waals surface area contributed by atoms with Gasteiger partial charge in [0.25, 0.3) is 12.3 Å². The Morgan fingerprint density at radius 2 is 1.94 bits per heavy atom. The third kappa shape index (κ3) is 5.20. The van der Waals surface area contributed by atoms with E-state index < -0.39 is 23.6 Å². The second-order valence-electron chi connectivity index (χ2n) is 9.08. The molecule has 4 rings (SSSR count). The van der Waals surface area contributed by atoms with Crippen LogP contribution in [-0.4, -0.2) is 32.7 Å². The predicted molar refractivity (Wildman–Crippen MR) is 124 cm³/mol. The van der Waals surface area contributed by atoms with Crippen molar-refractivity contribution in [2.45, 2.75) is 57.5 Å². The standard InChI is InChI=1S/C24H27F2N3O3S/c1-24(2,32)15-10-19-20(33-23(29-19)14-8-6-13(12-30)7-9-14)11-18(15)28-22(31)17-5-3-4-16(27-17)21(25)26/h3-5,10-11,13-14,21,30,32H,6-9,12H2,1-2H3,(H,28,31). The summed E-state index contributed by atoms with van der Waals surface area (Å²) >= 11 is 1.55. The Morgan fingerprint density at radius 3 is 2.58 bits per heavy atom. The summed E-state index contributed by atoms with van der Waals surface area (Å²) in [6, 6.07) is 7.45. The maximum absolute atomic E-state index is 13.0. The van der Waals surface area contributed by atoms with E-state index in [2.05, 4.69) is 10.3 Å². The molecule has 0 spiro atoms. The van der Waals surface area contributed by atoms with E-state index in [1.165, 1.54) is 18.2 Å². The van der Waals surface area contributed by atoms with E-state index in [-0.39, 0.29) is 12.3 Å². The molecule has 1 aliphatic rings. The Hall–Kier alpha value is -2.49. The smallest absolute Gasteiger partial charge is 0.280 e. The highest BCUT2D eigenvalue weighted by Gasteiger charge is 2.27. The number of nitrogens with one attached hydrogen (secondary N) is 1. The van der Waals surface area contributed by atoms with Gasteiger partial charge in [0.1, 0.15) is 11.4 Å². The van der Waals surface area contributed by atoms with Crippen molar-refractivity contribution in [3.05, 3.63) is 52.3 Å². The van der Waals surface area contributed by atoms with Crippen molar-refractivity contribution < 1.29 is 23.8 Å². The first-order valence-corrected chi connectivity index (χ1v) is 11.8. The van der Waals surface area contributed by atoms with Crippen molar-refractivity contribution in [2.75, 3.05) is 11.9 Å². The van der Waals surface area contributed by atoms with Crippen molar-refractivity contribution in [3.8, 4) is 0 Å². The highest BCUT2D eigenvalue weighted by molar-refractivity contribution is 7.18. The molecule has 33 heavy (non-hydrogen) atoms. The topological polar surface area (TPSA) is 95.3 Å². The molecule has 1 fully saturated rings. The lowest BCUT2D eigenvalue weighted by atomic mass is 9.83. The maximum Gasteiger partial charge on any atom is 0.280 e. The number of benzene rings is 1. The average Bonchev–Trinajstić information content (AvgIpc) is 3.21. The zero-order valence-corrected chi connectivity index (χ0v) is 19.3. The summed E-state index contributed by atoms with van der Waals surface area (Å²) in [5.41, 5.74) is -0.244. The molecular weight excluding hydrogens is 448 g/mol. The predicted octanol–water partition coefficient (Wildman–Crippen LogP) is 5.37. The van der Waals surface area contributed by atoms with Crippen LogP contribution in [0.3, 0.4) is 0 Å². The Bertz CT molecular complexity index is 1150. The number of alkyl halides is 2. The quantitative estimate of drug-likeness (QED) is 0.445. The van der Waals surface area contributed by atoms with Gasteiger partial charge < -0.3 is 15.5 Å².